The Labute approximate surface area is 154 Å². The van der Waals surface area contributed by atoms with E-state index < -0.39 is 8.38 Å². The quantitative estimate of drug-likeness (QED) is 0.456. The topological polar surface area (TPSA) is 69.6 Å². The lowest BCUT2D eigenvalue weighted by molar-refractivity contribution is -0.108. The molecule has 5 heteroatoms. The third kappa shape index (κ3) is 5.78. The van der Waals surface area contributed by atoms with E-state index in [2.05, 4.69) is 5.32 Å². The number of rotatable bonds is 5. The van der Waals surface area contributed by atoms with Gasteiger partial charge in [-0.3, -0.25) is 4.79 Å². The summed E-state index contributed by atoms with van der Waals surface area (Å²) in [6.07, 6.45) is 4.07. The van der Waals surface area contributed by atoms with Gasteiger partial charge >= 0.3 is 0 Å². The number of hydrogen-bond acceptors (Lipinski definition) is 3. The van der Waals surface area contributed by atoms with Crippen molar-refractivity contribution in [2.45, 2.75) is 12.6 Å². The molecule has 0 saturated carbocycles. The van der Waals surface area contributed by atoms with E-state index in [0.717, 1.165) is 21.9 Å². The summed E-state index contributed by atoms with van der Waals surface area (Å²) in [7, 11) is -1.91. The van der Waals surface area contributed by atoms with Crippen molar-refractivity contribution in [3.05, 3.63) is 90.1 Å². The van der Waals surface area contributed by atoms with E-state index >= 15 is 0 Å². The molecule has 0 radical (unpaired) electrons. The Morgan fingerprint density at radius 2 is 1.58 bits per heavy atom. The van der Waals surface area contributed by atoms with Crippen molar-refractivity contribution in [2.24, 2.45) is 0 Å². The van der Waals surface area contributed by atoms with E-state index in [1.165, 1.54) is 0 Å². The Bertz CT molecular complexity index is 845. The third-order valence-corrected chi connectivity index (χ3v) is 4.83. The van der Waals surface area contributed by atoms with Crippen LogP contribution < -0.4 is 5.32 Å². The van der Waals surface area contributed by atoms with Crippen LogP contribution in [0.1, 0.15) is 23.7 Å². The Morgan fingerprint density at radius 1 is 0.923 bits per heavy atom. The SMILES string of the molecule is CC(c1cccc2ccccc12)P(O)O.O=CN/C=C/c1ccccc1. The maximum atomic E-state index is 9.83. The molecule has 0 fully saturated rings. The van der Waals surface area contributed by atoms with Crippen LogP contribution in [-0.4, -0.2) is 16.2 Å². The minimum atomic E-state index is -1.91. The first-order valence-corrected chi connectivity index (χ1v) is 9.51. The van der Waals surface area contributed by atoms with Crippen LogP contribution in [0.3, 0.4) is 0 Å². The molecule has 1 unspecified atom stereocenters. The number of benzene rings is 3. The lowest BCUT2D eigenvalue weighted by Gasteiger charge is -2.15. The fourth-order valence-electron chi connectivity index (χ4n) is 2.49. The average Bonchev–Trinajstić information content (AvgIpc) is 2.68. The Balaban J connectivity index is 0.000000197. The van der Waals surface area contributed by atoms with E-state index in [4.69, 9.17) is 0 Å². The molecule has 26 heavy (non-hydrogen) atoms. The van der Waals surface area contributed by atoms with Crippen molar-refractivity contribution >= 4 is 31.6 Å². The van der Waals surface area contributed by atoms with Gasteiger partial charge in [0.25, 0.3) is 0 Å². The molecule has 0 aliphatic rings. The molecule has 134 valence electrons. The van der Waals surface area contributed by atoms with Crippen LogP contribution in [0, 0.1) is 0 Å². The monoisotopic (exact) mass is 367 g/mol. The molecule has 0 saturated heterocycles. The first-order chi connectivity index (χ1) is 12.6. The van der Waals surface area contributed by atoms with Crippen LogP contribution in [0.5, 0.6) is 0 Å². The van der Waals surface area contributed by atoms with E-state index in [-0.39, 0.29) is 5.66 Å². The zero-order valence-electron chi connectivity index (χ0n) is 14.5. The smallest absolute Gasteiger partial charge is 0.211 e. The molecule has 1 amide bonds. The summed E-state index contributed by atoms with van der Waals surface area (Å²) < 4.78 is 0. The zero-order chi connectivity index (χ0) is 18.8. The van der Waals surface area contributed by atoms with E-state index in [1.807, 2.05) is 85.8 Å². The summed E-state index contributed by atoms with van der Waals surface area (Å²) in [6.45, 7) is 1.84. The highest BCUT2D eigenvalue weighted by Crippen LogP contribution is 2.45. The van der Waals surface area contributed by atoms with Gasteiger partial charge in [-0.05, 0) is 34.9 Å². The molecule has 0 bridgehead atoms. The molecule has 4 nitrogen and oxygen atoms in total. The van der Waals surface area contributed by atoms with Gasteiger partial charge in [-0.1, -0.05) is 72.8 Å². The molecule has 0 heterocycles. The normalized spacial score (nSPS) is 11.8. The van der Waals surface area contributed by atoms with Crippen LogP contribution in [-0.2, 0) is 4.79 Å². The van der Waals surface area contributed by atoms with Crippen molar-refractivity contribution in [1.82, 2.24) is 5.32 Å². The third-order valence-electron chi connectivity index (χ3n) is 3.86. The molecule has 0 aliphatic heterocycles. The van der Waals surface area contributed by atoms with Crippen molar-refractivity contribution < 1.29 is 14.6 Å². The molecule has 3 rings (SSSR count). The number of amides is 1. The van der Waals surface area contributed by atoms with Crippen LogP contribution >= 0.6 is 8.38 Å². The largest absolute Gasteiger partial charge is 0.350 e. The summed E-state index contributed by atoms with van der Waals surface area (Å²) in [5, 5.41) is 4.67. The zero-order valence-corrected chi connectivity index (χ0v) is 15.4. The number of fused-ring (bicyclic) bond motifs is 1. The number of carbonyl (C=O) groups is 1. The van der Waals surface area contributed by atoms with Gasteiger partial charge in [0.2, 0.25) is 6.41 Å². The van der Waals surface area contributed by atoms with Gasteiger partial charge in [0, 0.05) is 6.20 Å². The summed E-state index contributed by atoms with van der Waals surface area (Å²) >= 11 is 0. The van der Waals surface area contributed by atoms with Gasteiger partial charge in [-0.25, -0.2) is 0 Å². The lowest BCUT2D eigenvalue weighted by atomic mass is 10.0. The highest BCUT2D eigenvalue weighted by atomic mass is 31.2. The van der Waals surface area contributed by atoms with Crippen molar-refractivity contribution in [2.75, 3.05) is 0 Å². The second kappa shape index (κ2) is 10.5. The number of carbonyl (C=O) groups excluding carboxylic acids is 1. The molecule has 0 aromatic heterocycles. The lowest BCUT2D eigenvalue weighted by Crippen LogP contribution is -1.97. The fourth-order valence-corrected chi connectivity index (χ4v) is 2.96. The molecule has 3 N–H and O–H groups in total. The maximum absolute atomic E-state index is 9.83. The predicted octanol–water partition coefficient (Wildman–Crippen LogP) is 4.60. The van der Waals surface area contributed by atoms with Gasteiger partial charge < -0.3 is 15.1 Å². The summed E-state index contributed by atoms with van der Waals surface area (Å²) in [5.41, 5.74) is 1.87. The molecule has 3 aromatic rings. The Kier molecular flexibility index (Phi) is 7.97. The molecule has 0 spiro atoms. The van der Waals surface area contributed by atoms with E-state index in [0.29, 0.717) is 6.41 Å². The summed E-state index contributed by atoms with van der Waals surface area (Å²) in [5.74, 6) is 0. The molecular weight excluding hydrogens is 345 g/mol. The summed E-state index contributed by atoms with van der Waals surface area (Å²) in [4.78, 5) is 28.3. The standard InChI is InChI=1S/C12H13O2P.C9H9NO/c1-9(15(13)14)11-8-4-6-10-5-2-3-7-12(10)11;11-8-10-7-6-9-4-2-1-3-5-9/h2-9,13-14H,1H3;1-8H,(H,10,11)/b;7-6+. The highest BCUT2D eigenvalue weighted by Gasteiger charge is 2.16. The molecular formula is C21H22NO3P. The Morgan fingerprint density at radius 3 is 2.27 bits per heavy atom. The maximum Gasteiger partial charge on any atom is 0.211 e. The predicted molar refractivity (Wildman–Crippen MR) is 108 cm³/mol. The molecule has 1 atom stereocenters. The molecule has 3 aromatic carbocycles. The Hall–Kier alpha value is -2.52. The first kappa shape index (κ1) is 19.8. The number of hydrogen-bond donors (Lipinski definition) is 3. The van der Waals surface area contributed by atoms with Crippen LogP contribution in [0.4, 0.5) is 0 Å². The van der Waals surface area contributed by atoms with Gasteiger partial charge in [0.05, 0.1) is 5.66 Å². The van der Waals surface area contributed by atoms with Crippen LogP contribution in [0.2, 0.25) is 0 Å². The highest BCUT2D eigenvalue weighted by molar-refractivity contribution is 7.45. The molecule has 0 aliphatic carbocycles. The van der Waals surface area contributed by atoms with Gasteiger partial charge in [-0.15, -0.1) is 0 Å². The first-order valence-electron chi connectivity index (χ1n) is 8.19. The van der Waals surface area contributed by atoms with Crippen molar-refractivity contribution in [3.8, 4) is 0 Å². The summed E-state index contributed by atoms with van der Waals surface area (Å²) in [6, 6.07) is 23.7. The minimum absolute atomic E-state index is 0.203. The van der Waals surface area contributed by atoms with Gasteiger partial charge in [0.1, 0.15) is 0 Å². The second-order valence-corrected chi connectivity index (χ2v) is 7.01. The van der Waals surface area contributed by atoms with Gasteiger partial charge in [0.15, 0.2) is 8.38 Å². The number of nitrogens with one attached hydrogen (secondary N) is 1. The minimum Gasteiger partial charge on any atom is -0.350 e. The van der Waals surface area contributed by atoms with E-state index in [1.54, 1.807) is 6.20 Å². The van der Waals surface area contributed by atoms with Crippen LogP contribution in [0.15, 0.2) is 79.0 Å². The van der Waals surface area contributed by atoms with Crippen molar-refractivity contribution in [3.63, 3.8) is 0 Å². The van der Waals surface area contributed by atoms with Crippen LogP contribution in [0.25, 0.3) is 16.8 Å². The second-order valence-electron chi connectivity index (χ2n) is 5.59. The van der Waals surface area contributed by atoms with Gasteiger partial charge in [-0.2, -0.15) is 0 Å². The van der Waals surface area contributed by atoms with Crippen molar-refractivity contribution in [1.29, 1.82) is 0 Å². The fraction of sp³-hybridized carbons (Fsp3) is 0.0952. The van der Waals surface area contributed by atoms with E-state index in [9.17, 15) is 14.6 Å². The average molecular weight is 367 g/mol.